The third kappa shape index (κ3) is 3.57. The molecule has 8 heteroatoms. The number of hydrogen-bond acceptors (Lipinski definition) is 5. The van der Waals surface area contributed by atoms with Crippen LogP contribution in [0.2, 0.25) is 0 Å². The maximum Gasteiger partial charge on any atom is 0.325 e. The smallest absolute Gasteiger partial charge is 0.325 e. The molecule has 1 unspecified atom stereocenters. The van der Waals surface area contributed by atoms with Crippen LogP contribution in [0.3, 0.4) is 0 Å². The summed E-state index contributed by atoms with van der Waals surface area (Å²) in [6, 6.07) is 0.415. The van der Waals surface area contributed by atoms with Gasteiger partial charge in [0.25, 0.3) is 5.91 Å². The number of carbonyl (C=O) groups is 2. The lowest BCUT2D eigenvalue weighted by Crippen LogP contribution is -2.38. The Kier molecular flexibility index (Phi) is 5.83. The molecule has 0 radical (unpaired) electrons. The molecule has 0 aliphatic rings. The zero-order valence-electron chi connectivity index (χ0n) is 12.0. The van der Waals surface area contributed by atoms with Crippen LogP contribution in [0.5, 0.6) is 17.2 Å². The third-order valence-electron chi connectivity index (χ3n) is 2.73. The van der Waals surface area contributed by atoms with Gasteiger partial charge < -0.3 is 24.6 Å². The second-order valence-corrected chi connectivity index (χ2v) is 4.83. The minimum absolute atomic E-state index is 0.178. The van der Waals surface area contributed by atoms with E-state index in [0.29, 0.717) is 16.0 Å². The maximum absolute atomic E-state index is 12.2. The van der Waals surface area contributed by atoms with Crippen molar-refractivity contribution in [1.82, 2.24) is 5.32 Å². The SMILES string of the molecule is COc1cc(C(=O)NC(C)C(=O)O)c(Br)c(OC)c1OC. The summed E-state index contributed by atoms with van der Waals surface area (Å²) in [7, 11) is 4.29. The molecule has 1 aromatic rings. The van der Waals surface area contributed by atoms with Crippen LogP contribution in [0.4, 0.5) is 0 Å². The Bertz CT molecular complexity index is 560. The van der Waals surface area contributed by atoms with Gasteiger partial charge in [-0.1, -0.05) is 0 Å². The number of carboxylic acid groups (broad SMARTS) is 1. The number of carboxylic acids is 1. The molecule has 1 rings (SSSR count). The van der Waals surface area contributed by atoms with E-state index in [0.717, 1.165) is 0 Å². The van der Waals surface area contributed by atoms with E-state index in [9.17, 15) is 9.59 Å². The van der Waals surface area contributed by atoms with Crippen LogP contribution in [0.15, 0.2) is 10.5 Å². The summed E-state index contributed by atoms with van der Waals surface area (Å²) in [5, 5.41) is 11.2. The van der Waals surface area contributed by atoms with E-state index in [1.165, 1.54) is 34.3 Å². The fourth-order valence-corrected chi connectivity index (χ4v) is 2.26. The highest BCUT2D eigenvalue weighted by Gasteiger charge is 2.24. The van der Waals surface area contributed by atoms with Crippen molar-refractivity contribution < 1.29 is 28.9 Å². The summed E-state index contributed by atoms with van der Waals surface area (Å²) in [6.45, 7) is 1.37. The monoisotopic (exact) mass is 361 g/mol. The Hall–Kier alpha value is -1.96. The number of nitrogens with one attached hydrogen (secondary N) is 1. The van der Waals surface area contributed by atoms with Gasteiger partial charge >= 0.3 is 5.97 Å². The molecule has 0 heterocycles. The average molecular weight is 362 g/mol. The lowest BCUT2D eigenvalue weighted by Gasteiger charge is -2.17. The Morgan fingerprint density at radius 3 is 2.19 bits per heavy atom. The number of benzene rings is 1. The molecule has 0 spiro atoms. The number of aliphatic carboxylic acids is 1. The summed E-state index contributed by atoms with van der Waals surface area (Å²) in [5.74, 6) is -0.798. The molecular formula is C13H16BrNO6. The molecule has 0 saturated heterocycles. The Morgan fingerprint density at radius 2 is 1.76 bits per heavy atom. The fraction of sp³-hybridized carbons (Fsp3) is 0.385. The van der Waals surface area contributed by atoms with Crippen LogP contribution < -0.4 is 19.5 Å². The van der Waals surface area contributed by atoms with Crippen molar-refractivity contribution in [1.29, 1.82) is 0 Å². The van der Waals surface area contributed by atoms with E-state index < -0.39 is 17.9 Å². The first-order valence-corrected chi connectivity index (χ1v) is 6.68. The number of carbonyl (C=O) groups excluding carboxylic acids is 1. The van der Waals surface area contributed by atoms with Gasteiger partial charge in [-0.05, 0) is 28.9 Å². The van der Waals surface area contributed by atoms with Crippen molar-refractivity contribution in [2.75, 3.05) is 21.3 Å². The molecular weight excluding hydrogens is 346 g/mol. The van der Waals surface area contributed by atoms with Crippen LogP contribution in [0.25, 0.3) is 0 Å². The van der Waals surface area contributed by atoms with Gasteiger partial charge in [-0.3, -0.25) is 9.59 Å². The van der Waals surface area contributed by atoms with Crippen molar-refractivity contribution in [3.8, 4) is 17.2 Å². The number of rotatable bonds is 6. The molecule has 116 valence electrons. The van der Waals surface area contributed by atoms with Crippen LogP contribution in [0.1, 0.15) is 17.3 Å². The van der Waals surface area contributed by atoms with Crippen LogP contribution >= 0.6 is 15.9 Å². The molecule has 2 N–H and O–H groups in total. The highest BCUT2D eigenvalue weighted by atomic mass is 79.9. The lowest BCUT2D eigenvalue weighted by atomic mass is 10.1. The fourth-order valence-electron chi connectivity index (χ4n) is 1.62. The van der Waals surface area contributed by atoms with Crippen molar-refractivity contribution in [2.45, 2.75) is 13.0 Å². The Balaban J connectivity index is 3.30. The highest BCUT2D eigenvalue weighted by Crippen LogP contribution is 2.44. The standard InChI is InChI=1S/C13H16BrNO6/c1-6(13(17)18)15-12(16)7-5-8(19-2)10(20-3)11(21-4)9(7)14/h5-6H,1-4H3,(H,15,16)(H,17,18). The van der Waals surface area contributed by atoms with Gasteiger partial charge in [-0.25, -0.2) is 0 Å². The highest BCUT2D eigenvalue weighted by molar-refractivity contribution is 9.10. The molecule has 1 amide bonds. The zero-order chi connectivity index (χ0) is 16.2. The summed E-state index contributed by atoms with van der Waals surface area (Å²) < 4.78 is 15.9. The van der Waals surface area contributed by atoms with E-state index in [1.807, 2.05) is 0 Å². The quantitative estimate of drug-likeness (QED) is 0.800. The largest absolute Gasteiger partial charge is 0.493 e. The normalized spacial score (nSPS) is 11.5. The second-order valence-electron chi connectivity index (χ2n) is 4.04. The minimum Gasteiger partial charge on any atom is -0.493 e. The number of amides is 1. The lowest BCUT2D eigenvalue weighted by molar-refractivity contribution is -0.138. The van der Waals surface area contributed by atoms with Crippen LogP contribution in [0, 0.1) is 0 Å². The molecule has 0 saturated carbocycles. The summed E-state index contributed by atoms with van der Waals surface area (Å²) in [5.41, 5.74) is 0.178. The van der Waals surface area contributed by atoms with Crippen LogP contribution in [-0.4, -0.2) is 44.4 Å². The number of hydrogen-bond donors (Lipinski definition) is 2. The molecule has 0 aliphatic heterocycles. The zero-order valence-corrected chi connectivity index (χ0v) is 13.6. The molecule has 21 heavy (non-hydrogen) atoms. The summed E-state index contributed by atoms with van der Waals surface area (Å²) in [6.07, 6.45) is 0. The minimum atomic E-state index is -1.13. The summed E-state index contributed by atoms with van der Waals surface area (Å²) >= 11 is 3.26. The Labute approximate surface area is 130 Å². The van der Waals surface area contributed by atoms with Crippen molar-refractivity contribution in [3.05, 3.63) is 16.1 Å². The van der Waals surface area contributed by atoms with Crippen molar-refractivity contribution >= 4 is 27.8 Å². The topological polar surface area (TPSA) is 94.1 Å². The molecule has 0 bridgehead atoms. The molecule has 1 atom stereocenters. The van der Waals surface area contributed by atoms with Gasteiger partial charge in [0.15, 0.2) is 11.5 Å². The molecule has 7 nitrogen and oxygen atoms in total. The molecule has 0 aliphatic carbocycles. The van der Waals surface area contributed by atoms with Gasteiger partial charge in [0.1, 0.15) is 6.04 Å². The van der Waals surface area contributed by atoms with E-state index in [2.05, 4.69) is 21.2 Å². The predicted octanol–water partition coefficient (Wildman–Crippen LogP) is 1.68. The molecule has 1 aromatic carbocycles. The first-order chi connectivity index (χ1) is 9.87. The number of ether oxygens (including phenoxy) is 3. The number of halogens is 1. The third-order valence-corrected chi connectivity index (χ3v) is 3.52. The van der Waals surface area contributed by atoms with Gasteiger partial charge in [0, 0.05) is 0 Å². The predicted molar refractivity (Wildman–Crippen MR) is 78.4 cm³/mol. The second kappa shape index (κ2) is 7.16. The molecule has 0 fully saturated rings. The first-order valence-electron chi connectivity index (χ1n) is 5.89. The number of methoxy groups -OCH3 is 3. The van der Waals surface area contributed by atoms with Gasteiger partial charge in [-0.15, -0.1) is 0 Å². The van der Waals surface area contributed by atoms with E-state index in [1.54, 1.807) is 0 Å². The maximum atomic E-state index is 12.2. The van der Waals surface area contributed by atoms with E-state index >= 15 is 0 Å². The first kappa shape index (κ1) is 17.1. The molecule has 0 aromatic heterocycles. The summed E-state index contributed by atoms with van der Waals surface area (Å²) in [4.78, 5) is 23.0. The van der Waals surface area contributed by atoms with Crippen LogP contribution in [-0.2, 0) is 4.79 Å². The van der Waals surface area contributed by atoms with Crippen molar-refractivity contribution in [3.63, 3.8) is 0 Å². The average Bonchev–Trinajstić information content (AvgIpc) is 2.45. The van der Waals surface area contributed by atoms with Gasteiger partial charge in [0.05, 0.1) is 31.4 Å². The van der Waals surface area contributed by atoms with E-state index in [4.69, 9.17) is 19.3 Å². The van der Waals surface area contributed by atoms with Gasteiger partial charge in [0.2, 0.25) is 5.75 Å². The van der Waals surface area contributed by atoms with Gasteiger partial charge in [-0.2, -0.15) is 0 Å². The van der Waals surface area contributed by atoms with Crippen molar-refractivity contribution in [2.24, 2.45) is 0 Å². The Morgan fingerprint density at radius 1 is 1.19 bits per heavy atom. The van der Waals surface area contributed by atoms with E-state index in [-0.39, 0.29) is 11.3 Å².